The molecule has 1 amide bonds. The Morgan fingerprint density at radius 2 is 0.944 bits per heavy atom. The third kappa shape index (κ3) is 40.6. The van der Waals surface area contributed by atoms with E-state index in [2.05, 4.69) is 44.0 Å². The van der Waals surface area contributed by atoms with Crippen molar-refractivity contribution in [2.45, 2.75) is 71.3 Å². The molecule has 3 rings (SSSR count). The Labute approximate surface area is 492 Å². The van der Waals surface area contributed by atoms with Crippen molar-refractivity contribution in [2.24, 2.45) is 0 Å². The predicted molar refractivity (Wildman–Crippen MR) is 363 cm³/mol. The number of Topliss-reactive ketones (excluding diaryl/α,β-unsaturated/α-hetero) is 1. The van der Waals surface area contributed by atoms with Crippen LogP contribution in [0.5, 0.6) is 11.5 Å². The summed E-state index contributed by atoms with van der Waals surface area (Å²) < 4.78 is 31.3. The highest BCUT2D eigenvalue weighted by Gasteiger charge is 2.39. The molecule has 0 N–H and O–H groups in total. The molecule has 1 aliphatic rings. The highest BCUT2D eigenvalue weighted by Crippen LogP contribution is 2.22. The Morgan fingerprint density at radius 1 is 0.577 bits per heavy atom. The number of ketones is 1. The highest BCUT2D eigenvalue weighted by molar-refractivity contribution is 8.79. The number of hydrogen-bond acceptors (Lipinski definition) is 12. The highest BCUT2D eigenvalue weighted by atomic mass is 33.5. The predicted octanol–water partition coefficient (Wildman–Crippen LogP) is 6.08. The van der Waals surface area contributed by atoms with Crippen LogP contribution in [-0.2, 0) is 246 Å². The van der Waals surface area contributed by atoms with Gasteiger partial charge in [-0.15, -0.1) is 0 Å². The van der Waals surface area contributed by atoms with E-state index in [1.54, 1.807) is 191 Å². The standard InChI is InChI=1S/C19H27NO6Si.C14H22O4Si.CH4.S24/c1-24-19(23)17-11-15(21)12-20(17)18(22)14-6-5-7-16(10-14)26-13-25-8-9-27(2,3)4;1-16-14(15)12-6-5-7-13(10-12)18-11-17-8-9-19(2,3)4;;1-3-5-7-9-11-13-15-17-19-21-23-24-22-20-18-16-14-12-10-8-6-4-2/h5-7,10,17H,8-9,11-13H2,1-4H3;5-7,10H,8-9,11H2,1-4H3;1H4;/t17-;;;/m0.../s1. The lowest BCUT2D eigenvalue weighted by molar-refractivity contribution is -0.145. The van der Waals surface area contributed by atoms with Crippen molar-refractivity contribution in [1.82, 2.24) is 4.90 Å². The van der Waals surface area contributed by atoms with Gasteiger partial charge in [0.05, 0.1) is 26.3 Å². The van der Waals surface area contributed by atoms with Gasteiger partial charge in [-0.3, -0.25) is 9.59 Å². The molecular formula is C34H53NO10S24Si2. The number of benzene rings is 2. The van der Waals surface area contributed by atoms with E-state index in [1.165, 1.54) is 36.9 Å². The molecule has 0 saturated carbocycles. The molecule has 2 aromatic rings. The molecule has 0 spiro atoms. The van der Waals surface area contributed by atoms with E-state index >= 15 is 0 Å². The summed E-state index contributed by atoms with van der Waals surface area (Å²) in [4.78, 5) is 48.9. The van der Waals surface area contributed by atoms with E-state index in [9.17, 15) is 19.2 Å². The average molecular weight is 1460 g/mol. The Morgan fingerprint density at radius 3 is 1.30 bits per heavy atom. The molecule has 1 fully saturated rings. The minimum atomic E-state index is -1.15. The van der Waals surface area contributed by atoms with Gasteiger partial charge >= 0.3 is 11.9 Å². The van der Waals surface area contributed by atoms with E-state index in [1.807, 2.05) is 35.5 Å². The number of hydrogen-bond donors (Lipinski definition) is 0. The van der Waals surface area contributed by atoms with Gasteiger partial charge in [0.25, 0.3) is 5.91 Å². The first-order chi connectivity index (χ1) is 33.5. The van der Waals surface area contributed by atoms with Crippen LogP contribution in [-0.4, -0.2) is 98.3 Å². The van der Waals surface area contributed by atoms with Gasteiger partial charge < -0.3 is 33.3 Å². The molecule has 0 bridgehead atoms. The molecule has 11 nitrogen and oxygen atoms in total. The van der Waals surface area contributed by atoms with Gasteiger partial charge in [0, 0.05) is 259 Å². The van der Waals surface area contributed by atoms with Crippen LogP contribution in [0.2, 0.25) is 51.4 Å². The number of nitrogens with zero attached hydrogens (tertiary/aromatic N) is 1. The van der Waals surface area contributed by atoms with E-state index in [-0.39, 0.29) is 45.7 Å². The number of methoxy groups -OCH3 is 2. The fourth-order valence-corrected chi connectivity index (χ4v) is 60.7. The maximum absolute atomic E-state index is 12.7. The molecule has 1 atom stereocenters. The molecule has 37 heteroatoms. The molecule has 0 aromatic heterocycles. The van der Waals surface area contributed by atoms with Crippen molar-refractivity contribution in [3.63, 3.8) is 0 Å². The van der Waals surface area contributed by atoms with Crippen LogP contribution in [0.4, 0.5) is 0 Å². The molecule has 406 valence electrons. The summed E-state index contributed by atoms with van der Waals surface area (Å²) in [5.74, 6) is -0.421. The molecule has 1 saturated heterocycles. The summed E-state index contributed by atoms with van der Waals surface area (Å²) in [5.41, 5.74) is 0.820. The lowest BCUT2D eigenvalue weighted by Crippen LogP contribution is -2.41. The van der Waals surface area contributed by atoms with Crippen LogP contribution in [0, 0.1) is 0 Å². The Bertz CT molecular complexity index is 3010. The normalized spacial score (nSPS) is 12.0. The molecule has 0 unspecified atom stereocenters. The summed E-state index contributed by atoms with van der Waals surface area (Å²) in [6, 6.07) is 14.8. The quantitative estimate of drug-likeness (QED) is 0.0889. The maximum atomic E-state index is 12.7. The first-order valence-corrected chi connectivity index (χ1v) is 57.1. The fourth-order valence-electron chi connectivity index (χ4n) is 4.29. The van der Waals surface area contributed by atoms with E-state index in [0.717, 1.165) is 12.1 Å². The van der Waals surface area contributed by atoms with Gasteiger partial charge in [-0.05, 0) is 48.5 Å². The topological polar surface area (TPSA) is 127 Å². The number of amides is 1. The number of likely N-dealkylation sites (tertiary alicyclic amines) is 1. The minimum Gasteiger partial charge on any atom is -0.468 e. The Kier molecular flexibility index (Phi) is 47.8. The van der Waals surface area contributed by atoms with Crippen LogP contribution in [0.1, 0.15) is 34.6 Å². The van der Waals surface area contributed by atoms with Gasteiger partial charge in [-0.2, -0.15) is 0 Å². The largest absolute Gasteiger partial charge is 0.468 e. The summed E-state index contributed by atoms with van der Waals surface area (Å²) >= 11 is 9.54. The smallest absolute Gasteiger partial charge is 0.337 e. The lowest BCUT2D eigenvalue weighted by atomic mass is 10.1. The molecule has 2 aromatic carbocycles. The van der Waals surface area contributed by atoms with Gasteiger partial charge in [-0.25, -0.2) is 9.59 Å². The van der Waals surface area contributed by atoms with Gasteiger partial charge in [-0.1, -0.05) is 58.8 Å². The minimum absolute atomic E-state index is 0. The van der Waals surface area contributed by atoms with Gasteiger partial charge in [0.2, 0.25) is 0 Å². The number of esters is 2. The second-order valence-electron chi connectivity index (χ2n) is 14.7. The van der Waals surface area contributed by atoms with Gasteiger partial charge in [0.1, 0.15) is 17.5 Å². The Hall–Kier alpha value is 1.75. The number of ether oxygens (including phenoxy) is 6. The average Bonchev–Trinajstić information content (AvgIpc) is 3.73. The zero-order valence-corrected chi connectivity index (χ0v) is 59.8. The van der Waals surface area contributed by atoms with Crippen molar-refractivity contribution in [2.75, 3.05) is 47.6 Å². The lowest BCUT2D eigenvalue weighted by Gasteiger charge is -2.22. The summed E-state index contributed by atoms with van der Waals surface area (Å²) in [6.07, 6.45) is -0.0144. The van der Waals surface area contributed by atoms with E-state index < -0.39 is 34.1 Å². The summed E-state index contributed by atoms with van der Waals surface area (Å²) in [6.45, 7) is 15.3. The van der Waals surface area contributed by atoms with Crippen LogP contribution < -0.4 is 9.47 Å². The van der Waals surface area contributed by atoms with Crippen molar-refractivity contribution < 1.29 is 47.6 Å². The second-order valence-corrected chi connectivity index (χ2v) is 64.9. The SMILES string of the molecule is C.COC(=O)[C@@H]1CC(=O)CN1C(=O)c1cccc(OCOCC[Si](C)(C)C)c1.COC(=O)c1cccc(OCOCC[Si](C)(C)C)c1.S=S=S=S=S=S=S=S=S=S=S=S=S=S=S=S=S=S=S=S=S=S=S=S. The third-order valence-electron chi connectivity index (χ3n) is 7.41. The van der Waals surface area contributed by atoms with Crippen molar-refractivity contribution in [3.8, 4) is 11.5 Å². The van der Waals surface area contributed by atoms with Crippen LogP contribution in [0.25, 0.3) is 0 Å². The van der Waals surface area contributed by atoms with Crippen molar-refractivity contribution in [1.29, 1.82) is 0 Å². The first-order valence-electron chi connectivity index (χ1n) is 19.1. The van der Waals surface area contributed by atoms with E-state index in [4.69, 9.17) is 46.1 Å². The first kappa shape index (κ1) is 72.8. The molecule has 71 heavy (non-hydrogen) atoms. The van der Waals surface area contributed by atoms with E-state index in [0.29, 0.717) is 35.8 Å². The summed E-state index contributed by atoms with van der Waals surface area (Å²) in [5, 5.41) is 0. The van der Waals surface area contributed by atoms with Gasteiger partial charge in [0.15, 0.2) is 19.4 Å². The molecule has 0 radical (unpaired) electrons. The molecule has 1 heterocycles. The Balaban J connectivity index is 0.00000104. The number of rotatable bonds is 15. The zero-order valence-electron chi connectivity index (χ0n) is 38.2. The molecule has 0 aliphatic carbocycles. The number of carbonyl (C=O) groups excluding carboxylic acids is 4. The molecule has 1 aliphatic heterocycles. The third-order valence-corrected chi connectivity index (χ3v) is 57.5. The zero-order chi connectivity index (χ0) is 51.9. The van der Waals surface area contributed by atoms with Crippen LogP contribution >= 0.6 is 0 Å². The maximum Gasteiger partial charge on any atom is 0.337 e. The fraction of sp³-hybridized carbons (Fsp3) is 0.529. The molecular weight excluding hydrogens is 1410 g/mol. The van der Waals surface area contributed by atoms with Crippen molar-refractivity contribution >= 4 is 258 Å². The monoisotopic (exact) mass is 1460 g/mol. The summed E-state index contributed by atoms with van der Waals surface area (Å²) in [7, 11) is 38.5. The van der Waals surface area contributed by atoms with Crippen LogP contribution in [0.3, 0.4) is 0 Å². The second kappa shape index (κ2) is 46.6. The van der Waals surface area contributed by atoms with Crippen molar-refractivity contribution in [3.05, 3.63) is 59.7 Å². The van der Waals surface area contributed by atoms with Crippen LogP contribution in [0.15, 0.2) is 48.5 Å². The number of carbonyl (C=O) groups is 4.